The van der Waals surface area contributed by atoms with E-state index < -0.39 is 11.8 Å². The number of halogens is 2. The Morgan fingerprint density at radius 2 is 2.25 bits per heavy atom. The number of carbonyl (C=O) groups is 1. The third-order valence-electron chi connectivity index (χ3n) is 3.45. The van der Waals surface area contributed by atoms with Gasteiger partial charge in [0.1, 0.15) is 5.82 Å². The van der Waals surface area contributed by atoms with Crippen LogP contribution in [0.15, 0.2) is 22.7 Å². The van der Waals surface area contributed by atoms with Gasteiger partial charge in [-0.1, -0.05) is 0 Å². The van der Waals surface area contributed by atoms with Gasteiger partial charge in [-0.25, -0.2) is 9.18 Å². The first-order valence-electron chi connectivity index (χ1n) is 6.17. The Hall–Kier alpha value is -1.53. The van der Waals surface area contributed by atoms with Gasteiger partial charge in [-0.3, -0.25) is 4.98 Å². The van der Waals surface area contributed by atoms with E-state index >= 15 is 0 Å². The number of aromatic carboxylic acids is 1. The van der Waals surface area contributed by atoms with Crippen molar-refractivity contribution < 1.29 is 19.0 Å². The number of hydrogen-bond donors (Lipinski definition) is 1. The zero-order valence-corrected chi connectivity index (χ0v) is 12.0. The summed E-state index contributed by atoms with van der Waals surface area (Å²) in [4.78, 5) is 15.8. The maximum Gasteiger partial charge on any atom is 0.336 e. The highest BCUT2D eigenvalue weighted by Gasteiger charge is 2.22. The van der Waals surface area contributed by atoms with Crippen molar-refractivity contribution in [2.45, 2.75) is 12.3 Å². The minimum absolute atomic E-state index is 0.0733. The molecule has 1 unspecified atom stereocenters. The molecule has 0 aliphatic carbocycles. The first kappa shape index (κ1) is 13.5. The first-order valence-corrected chi connectivity index (χ1v) is 6.96. The summed E-state index contributed by atoms with van der Waals surface area (Å²) in [6.07, 6.45) is 0.802. The summed E-state index contributed by atoms with van der Waals surface area (Å²) in [5.74, 6) is -1.43. The lowest BCUT2D eigenvalue weighted by Gasteiger charge is -2.11. The molecule has 0 spiro atoms. The molecule has 0 amide bonds. The first-order chi connectivity index (χ1) is 9.56. The van der Waals surface area contributed by atoms with E-state index in [9.17, 15) is 14.3 Å². The third-order valence-corrected chi connectivity index (χ3v) is 4.06. The van der Waals surface area contributed by atoms with Crippen LogP contribution in [0.2, 0.25) is 0 Å². The van der Waals surface area contributed by atoms with Gasteiger partial charge >= 0.3 is 5.97 Å². The monoisotopic (exact) mass is 339 g/mol. The van der Waals surface area contributed by atoms with E-state index in [1.807, 2.05) is 0 Å². The maximum atomic E-state index is 13.6. The molecule has 1 aliphatic rings. The van der Waals surface area contributed by atoms with E-state index in [0.29, 0.717) is 29.8 Å². The molecule has 1 aromatic carbocycles. The van der Waals surface area contributed by atoms with Gasteiger partial charge in [0.05, 0.1) is 22.2 Å². The molecule has 20 heavy (non-hydrogen) atoms. The number of ether oxygens (including phenoxy) is 1. The molecule has 6 heteroatoms. The molecule has 3 rings (SSSR count). The van der Waals surface area contributed by atoms with Crippen molar-refractivity contribution in [3.63, 3.8) is 0 Å². The van der Waals surface area contributed by atoms with Gasteiger partial charge in [0, 0.05) is 29.7 Å². The summed E-state index contributed by atoms with van der Waals surface area (Å²) in [6, 6.07) is 4.27. The standard InChI is InChI=1S/C14H11BrFNO3/c15-10-3-8-9(14(18)19)4-12(7-1-2-20-6-7)17-13(8)5-11(10)16/h3-5,7H,1-2,6H2,(H,18,19). The second-order valence-corrected chi connectivity index (χ2v) is 5.60. The molecule has 1 saturated heterocycles. The van der Waals surface area contributed by atoms with Crippen LogP contribution in [0.1, 0.15) is 28.4 Å². The highest BCUT2D eigenvalue weighted by Crippen LogP contribution is 2.30. The smallest absolute Gasteiger partial charge is 0.336 e. The summed E-state index contributed by atoms with van der Waals surface area (Å²) in [6.45, 7) is 1.16. The molecule has 2 heterocycles. The van der Waals surface area contributed by atoms with Crippen molar-refractivity contribution in [2.24, 2.45) is 0 Å². The van der Waals surface area contributed by atoms with Gasteiger partial charge in [0.2, 0.25) is 0 Å². The number of aromatic nitrogens is 1. The fourth-order valence-corrected chi connectivity index (χ4v) is 2.74. The van der Waals surface area contributed by atoms with Gasteiger partial charge < -0.3 is 9.84 Å². The molecule has 1 aromatic heterocycles. The SMILES string of the molecule is O=C(O)c1cc(C2CCOC2)nc2cc(F)c(Br)cc12. The molecule has 4 nitrogen and oxygen atoms in total. The Labute approximate surface area is 122 Å². The van der Waals surface area contributed by atoms with Gasteiger partial charge in [0.25, 0.3) is 0 Å². The van der Waals surface area contributed by atoms with Crippen LogP contribution in [0.3, 0.4) is 0 Å². The quantitative estimate of drug-likeness (QED) is 0.911. The Morgan fingerprint density at radius 3 is 2.90 bits per heavy atom. The van der Waals surface area contributed by atoms with Gasteiger partial charge in [-0.15, -0.1) is 0 Å². The highest BCUT2D eigenvalue weighted by atomic mass is 79.9. The third kappa shape index (κ3) is 2.29. The average Bonchev–Trinajstić information content (AvgIpc) is 2.92. The van der Waals surface area contributed by atoms with Crippen LogP contribution in [0, 0.1) is 5.82 Å². The fraction of sp³-hybridized carbons (Fsp3) is 0.286. The number of rotatable bonds is 2. The minimum atomic E-state index is -1.05. The van der Waals surface area contributed by atoms with Crippen molar-refractivity contribution in [3.05, 3.63) is 39.7 Å². The number of nitrogens with zero attached hydrogens (tertiary/aromatic N) is 1. The van der Waals surface area contributed by atoms with Crippen LogP contribution in [-0.4, -0.2) is 29.3 Å². The lowest BCUT2D eigenvalue weighted by molar-refractivity contribution is 0.0698. The molecule has 1 aliphatic heterocycles. The highest BCUT2D eigenvalue weighted by molar-refractivity contribution is 9.10. The molecule has 1 atom stereocenters. The number of carboxylic acid groups (broad SMARTS) is 1. The summed E-state index contributed by atoms with van der Waals surface area (Å²) in [5.41, 5.74) is 1.14. The number of hydrogen-bond acceptors (Lipinski definition) is 3. The van der Waals surface area contributed by atoms with E-state index in [2.05, 4.69) is 20.9 Å². The summed E-state index contributed by atoms with van der Waals surface area (Å²) in [5, 5.41) is 9.77. The lowest BCUT2D eigenvalue weighted by atomic mass is 9.99. The predicted octanol–water partition coefficient (Wildman–Crippen LogP) is 3.34. The molecule has 0 radical (unpaired) electrons. The van der Waals surface area contributed by atoms with E-state index in [4.69, 9.17) is 4.74 Å². The van der Waals surface area contributed by atoms with Crippen molar-refractivity contribution in [1.29, 1.82) is 0 Å². The lowest BCUT2D eigenvalue weighted by Crippen LogP contribution is -2.06. The van der Waals surface area contributed by atoms with E-state index in [1.54, 1.807) is 6.07 Å². The van der Waals surface area contributed by atoms with Gasteiger partial charge in [0.15, 0.2) is 0 Å². The average molecular weight is 340 g/mol. The molecule has 0 saturated carbocycles. The number of fused-ring (bicyclic) bond motifs is 1. The summed E-state index contributed by atoms with van der Waals surface area (Å²) < 4.78 is 19.2. The van der Waals surface area contributed by atoms with Crippen LogP contribution >= 0.6 is 15.9 Å². The maximum absolute atomic E-state index is 13.6. The predicted molar refractivity (Wildman–Crippen MR) is 74.5 cm³/mol. The van der Waals surface area contributed by atoms with Crippen molar-refractivity contribution >= 4 is 32.8 Å². The van der Waals surface area contributed by atoms with Crippen LogP contribution in [0.25, 0.3) is 10.9 Å². The van der Waals surface area contributed by atoms with E-state index in [0.717, 1.165) is 6.42 Å². The van der Waals surface area contributed by atoms with Gasteiger partial charge in [-0.2, -0.15) is 0 Å². The van der Waals surface area contributed by atoms with Crippen molar-refractivity contribution in [1.82, 2.24) is 4.98 Å². The second-order valence-electron chi connectivity index (χ2n) is 4.74. The van der Waals surface area contributed by atoms with Gasteiger partial charge in [-0.05, 0) is 34.5 Å². The van der Waals surface area contributed by atoms with Crippen molar-refractivity contribution in [3.8, 4) is 0 Å². The van der Waals surface area contributed by atoms with Crippen LogP contribution in [0.4, 0.5) is 4.39 Å². The number of benzene rings is 1. The Balaban J connectivity index is 2.24. The molecule has 0 bridgehead atoms. The molecule has 2 aromatic rings. The van der Waals surface area contributed by atoms with Crippen LogP contribution < -0.4 is 0 Å². The molecule has 1 N–H and O–H groups in total. The Morgan fingerprint density at radius 1 is 1.45 bits per heavy atom. The second kappa shape index (κ2) is 5.10. The molecular weight excluding hydrogens is 329 g/mol. The minimum Gasteiger partial charge on any atom is -0.478 e. The summed E-state index contributed by atoms with van der Waals surface area (Å²) >= 11 is 3.07. The Bertz CT molecular complexity index is 698. The number of carboxylic acids is 1. The zero-order valence-electron chi connectivity index (χ0n) is 10.4. The van der Waals surface area contributed by atoms with Crippen LogP contribution in [0.5, 0.6) is 0 Å². The van der Waals surface area contributed by atoms with E-state index in [1.165, 1.54) is 12.1 Å². The Kier molecular flexibility index (Phi) is 3.43. The summed E-state index contributed by atoms with van der Waals surface area (Å²) in [7, 11) is 0. The largest absolute Gasteiger partial charge is 0.478 e. The number of pyridine rings is 1. The molecule has 1 fully saturated rings. The fourth-order valence-electron chi connectivity index (χ4n) is 2.40. The topological polar surface area (TPSA) is 59.4 Å². The van der Waals surface area contributed by atoms with E-state index in [-0.39, 0.29) is 16.0 Å². The molecule has 104 valence electrons. The molecular formula is C14H11BrFNO3. The normalized spacial score (nSPS) is 18.6. The van der Waals surface area contributed by atoms with Crippen LogP contribution in [-0.2, 0) is 4.74 Å². The zero-order chi connectivity index (χ0) is 14.3. The van der Waals surface area contributed by atoms with Crippen molar-refractivity contribution in [2.75, 3.05) is 13.2 Å².